The fourth-order valence-corrected chi connectivity index (χ4v) is 1.97. The third-order valence-electron chi connectivity index (χ3n) is 2.98. The monoisotopic (exact) mass is 259 g/mol. The molecule has 5 heteroatoms. The molecule has 0 unspecified atom stereocenters. The van der Waals surface area contributed by atoms with Gasteiger partial charge in [-0.25, -0.2) is 9.78 Å². The molecule has 0 radical (unpaired) electrons. The maximum Gasteiger partial charge on any atom is 0.354 e. The number of nitrogens with two attached hydrogens (primary N) is 1. The Labute approximate surface area is 111 Å². The van der Waals surface area contributed by atoms with Gasteiger partial charge in [0.05, 0.1) is 0 Å². The van der Waals surface area contributed by atoms with E-state index in [1.807, 2.05) is 24.3 Å². The molecule has 100 valence electrons. The van der Waals surface area contributed by atoms with Gasteiger partial charge in [-0.3, -0.25) is 0 Å². The van der Waals surface area contributed by atoms with Crippen molar-refractivity contribution in [3.05, 3.63) is 35.5 Å². The summed E-state index contributed by atoms with van der Waals surface area (Å²) in [6, 6.07) is 7.77. The number of nitrogens with zero attached hydrogens (tertiary/aromatic N) is 1. The van der Waals surface area contributed by atoms with Gasteiger partial charge in [0, 0.05) is 5.56 Å². The molecule has 0 aliphatic carbocycles. The van der Waals surface area contributed by atoms with Gasteiger partial charge in [0.1, 0.15) is 5.69 Å². The minimum absolute atomic E-state index is 0.0267. The second kappa shape index (κ2) is 5.56. The Balaban J connectivity index is 2.29. The molecule has 2 aromatic rings. The molecule has 0 saturated carbocycles. The van der Waals surface area contributed by atoms with E-state index < -0.39 is 5.97 Å². The van der Waals surface area contributed by atoms with Crippen LogP contribution in [0.5, 0.6) is 0 Å². The van der Waals surface area contributed by atoms with Gasteiger partial charge in [-0.05, 0) is 18.4 Å². The number of imidazole rings is 1. The van der Waals surface area contributed by atoms with E-state index in [0.717, 1.165) is 24.8 Å². The molecule has 0 aliphatic rings. The Kier molecular flexibility index (Phi) is 3.85. The Bertz CT molecular complexity index is 573. The molecule has 0 spiro atoms. The summed E-state index contributed by atoms with van der Waals surface area (Å²) < 4.78 is 0. The lowest BCUT2D eigenvalue weighted by molar-refractivity contribution is 0.0692. The smallest absolute Gasteiger partial charge is 0.354 e. The second-order valence-corrected chi connectivity index (χ2v) is 4.45. The molecule has 19 heavy (non-hydrogen) atoms. The van der Waals surface area contributed by atoms with Crippen molar-refractivity contribution in [3.8, 4) is 11.3 Å². The van der Waals surface area contributed by atoms with Gasteiger partial charge in [0.2, 0.25) is 0 Å². The number of carboxylic acids is 1. The number of anilines is 1. The average molecular weight is 259 g/mol. The maximum atomic E-state index is 11.1. The molecule has 0 saturated heterocycles. The first-order valence-electron chi connectivity index (χ1n) is 6.30. The zero-order chi connectivity index (χ0) is 13.8. The van der Waals surface area contributed by atoms with Gasteiger partial charge < -0.3 is 15.8 Å². The van der Waals surface area contributed by atoms with E-state index in [1.165, 1.54) is 5.56 Å². The van der Waals surface area contributed by atoms with Gasteiger partial charge in [0.25, 0.3) is 0 Å². The largest absolute Gasteiger partial charge is 0.477 e. The molecule has 0 atom stereocenters. The van der Waals surface area contributed by atoms with Gasteiger partial charge in [-0.2, -0.15) is 0 Å². The van der Waals surface area contributed by atoms with Crippen molar-refractivity contribution in [2.75, 3.05) is 5.73 Å². The topological polar surface area (TPSA) is 92.0 Å². The highest BCUT2D eigenvalue weighted by Crippen LogP contribution is 2.23. The standard InChI is InChI=1S/C14H17N3O2/c1-2-3-4-9-5-7-10(8-6-9)11-12(13(18)19)17-14(15)16-11/h5-8H,2-4H2,1H3,(H,18,19)(H3,15,16,17). The molecule has 0 bridgehead atoms. The lowest BCUT2D eigenvalue weighted by Gasteiger charge is -2.02. The fraction of sp³-hybridized carbons (Fsp3) is 0.286. The van der Waals surface area contributed by atoms with Crippen LogP contribution in [0.15, 0.2) is 24.3 Å². The molecule has 1 aromatic carbocycles. The fourth-order valence-electron chi connectivity index (χ4n) is 1.97. The summed E-state index contributed by atoms with van der Waals surface area (Å²) in [6.45, 7) is 2.15. The van der Waals surface area contributed by atoms with Gasteiger partial charge in [-0.1, -0.05) is 37.6 Å². The van der Waals surface area contributed by atoms with Crippen molar-refractivity contribution >= 4 is 11.9 Å². The Morgan fingerprint density at radius 2 is 2.05 bits per heavy atom. The lowest BCUT2D eigenvalue weighted by Crippen LogP contribution is -1.99. The van der Waals surface area contributed by atoms with E-state index in [0.29, 0.717) is 5.69 Å². The van der Waals surface area contributed by atoms with E-state index in [-0.39, 0.29) is 11.6 Å². The van der Waals surface area contributed by atoms with Crippen LogP contribution in [-0.4, -0.2) is 21.0 Å². The van der Waals surface area contributed by atoms with Crippen molar-refractivity contribution in [1.29, 1.82) is 0 Å². The van der Waals surface area contributed by atoms with Crippen LogP contribution in [0.4, 0.5) is 5.95 Å². The lowest BCUT2D eigenvalue weighted by atomic mass is 10.0. The van der Waals surface area contributed by atoms with E-state index in [1.54, 1.807) is 0 Å². The average Bonchev–Trinajstić information content (AvgIpc) is 2.79. The summed E-state index contributed by atoms with van der Waals surface area (Å²) >= 11 is 0. The zero-order valence-electron chi connectivity index (χ0n) is 10.8. The number of rotatable bonds is 5. The highest BCUT2D eigenvalue weighted by atomic mass is 16.4. The number of carboxylic acid groups (broad SMARTS) is 1. The van der Waals surface area contributed by atoms with Gasteiger partial charge in [-0.15, -0.1) is 0 Å². The summed E-state index contributed by atoms with van der Waals surface area (Å²) in [5.41, 5.74) is 7.93. The van der Waals surface area contributed by atoms with Crippen LogP contribution in [0.3, 0.4) is 0 Å². The van der Waals surface area contributed by atoms with Crippen molar-refractivity contribution < 1.29 is 9.90 Å². The maximum absolute atomic E-state index is 11.1. The predicted octanol–water partition coefficient (Wildman–Crippen LogP) is 2.70. The summed E-state index contributed by atoms with van der Waals surface area (Å²) in [7, 11) is 0. The third-order valence-corrected chi connectivity index (χ3v) is 2.98. The Morgan fingerprint density at radius 3 is 2.63 bits per heavy atom. The van der Waals surface area contributed by atoms with Crippen LogP contribution in [0.25, 0.3) is 11.3 Å². The van der Waals surface area contributed by atoms with E-state index in [9.17, 15) is 4.79 Å². The number of unbranched alkanes of at least 4 members (excludes halogenated alkanes) is 1. The van der Waals surface area contributed by atoms with Crippen molar-refractivity contribution in [3.63, 3.8) is 0 Å². The number of aromatic carboxylic acids is 1. The Morgan fingerprint density at radius 1 is 1.37 bits per heavy atom. The van der Waals surface area contributed by atoms with E-state index in [2.05, 4.69) is 16.9 Å². The number of hydrogen-bond donors (Lipinski definition) is 3. The van der Waals surface area contributed by atoms with Gasteiger partial charge >= 0.3 is 5.97 Å². The highest BCUT2D eigenvalue weighted by Gasteiger charge is 2.16. The molecule has 1 aromatic heterocycles. The summed E-state index contributed by atoms with van der Waals surface area (Å²) in [5, 5.41) is 9.08. The summed E-state index contributed by atoms with van der Waals surface area (Å²) in [6.07, 6.45) is 3.33. The van der Waals surface area contributed by atoms with Crippen LogP contribution >= 0.6 is 0 Å². The molecule has 0 fully saturated rings. The number of nitrogens with one attached hydrogen (secondary N) is 1. The van der Waals surface area contributed by atoms with E-state index in [4.69, 9.17) is 10.8 Å². The molecular weight excluding hydrogens is 242 g/mol. The SMILES string of the molecule is CCCCc1ccc(-c2nc(N)[nH]c2C(=O)O)cc1. The number of carbonyl (C=O) groups is 1. The number of hydrogen-bond acceptors (Lipinski definition) is 3. The number of H-pyrrole nitrogens is 1. The molecule has 2 rings (SSSR count). The minimum atomic E-state index is -1.06. The molecule has 1 heterocycles. The zero-order valence-corrected chi connectivity index (χ0v) is 10.8. The number of nitrogen functional groups attached to an aromatic ring is 1. The van der Waals surface area contributed by atoms with E-state index >= 15 is 0 Å². The first kappa shape index (κ1) is 13.1. The predicted molar refractivity (Wildman–Crippen MR) is 74.0 cm³/mol. The first-order chi connectivity index (χ1) is 9.11. The van der Waals surface area contributed by atoms with Crippen LogP contribution in [0.2, 0.25) is 0 Å². The van der Waals surface area contributed by atoms with Crippen LogP contribution in [0.1, 0.15) is 35.8 Å². The van der Waals surface area contributed by atoms with Crippen molar-refractivity contribution in [2.24, 2.45) is 0 Å². The minimum Gasteiger partial charge on any atom is -0.477 e. The molecule has 4 N–H and O–H groups in total. The first-order valence-corrected chi connectivity index (χ1v) is 6.30. The molecule has 5 nitrogen and oxygen atoms in total. The highest BCUT2D eigenvalue weighted by molar-refractivity contribution is 5.93. The number of aromatic amines is 1. The quantitative estimate of drug-likeness (QED) is 0.769. The van der Waals surface area contributed by atoms with Crippen LogP contribution < -0.4 is 5.73 Å². The summed E-state index contributed by atoms with van der Waals surface area (Å²) in [5.74, 6) is -0.947. The van der Waals surface area contributed by atoms with Crippen molar-refractivity contribution in [2.45, 2.75) is 26.2 Å². The number of aromatic nitrogens is 2. The normalized spacial score (nSPS) is 10.6. The molecular formula is C14H17N3O2. The molecule has 0 amide bonds. The second-order valence-electron chi connectivity index (χ2n) is 4.45. The van der Waals surface area contributed by atoms with Crippen LogP contribution in [0, 0.1) is 0 Å². The Hall–Kier alpha value is -2.30. The van der Waals surface area contributed by atoms with Gasteiger partial charge in [0.15, 0.2) is 11.6 Å². The molecule has 0 aliphatic heterocycles. The summed E-state index contributed by atoms with van der Waals surface area (Å²) in [4.78, 5) is 17.7. The number of benzene rings is 1. The third kappa shape index (κ3) is 2.93. The number of aryl methyl sites for hydroxylation is 1. The van der Waals surface area contributed by atoms with Crippen molar-refractivity contribution in [1.82, 2.24) is 9.97 Å². The van der Waals surface area contributed by atoms with Crippen LogP contribution in [-0.2, 0) is 6.42 Å².